The van der Waals surface area contributed by atoms with Crippen molar-refractivity contribution in [2.75, 3.05) is 5.32 Å². The molecule has 2 atom stereocenters. The maximum atomic E-state index is 6.18. The molecule has 0 aliphatic carbocycles. The second-order valence-electron chi connectivity index (χ2n) is 5.45. The zero-order valence-electron chi connectivity index (χ0n) is 12.8. The third kappa shape index (κ3) is 4.98. The van der Waals surface area contributed by atoms with Gasteiger partial charge >= 0.3 is 0 Å². The maximum absolute atomic E-state index is 6.18. The van der Waals surface area contributed by atoms with E-state index in [0.717, 1.165) is 42.4 Å². The topological polar surface area (TPSA) is 37.8 Å². The number of nitrogens with one attached hydrogen (secondary N) is 1. The van der Waals surface area contributed by atoms with Crippen LogP contribution in [0.25, 0.3) is 0 Å². The smallest absolute Gasteiger partial charge is 0.137 e. The zero-order valence-corrected chi connectivity index (χ0v) is 13.5. The van der Waals surface area contributed by atoms with Crippen molar-refractivity contribution in [2.24, 2.45) is 5.92 Å². The number of hydrogen-bond acceptors (Lipinski definition) is 3. The lowest BCUT2D eigenvalue weighted by atomic mass is 10.0. The first kappa shape index (κ1) is 16.2. The molecule has 0 saturated carbocycles. The van der Waals surface area contributed by atoms with E-state index in [1.165, 1.54) is 6.42 Å². The molecule has 0 aliphatic rings. The summed E-state index contributed by atoms with van der Waals surface area (Å²) in [5.41, 5.74) is 0.942. The number of hydrogen-bond donors (Lipinski definition) is 1. The van der Waals surface area contributed by atoms with Crippen LogP contribution in [0.2, 0.25) is 5.15 Å². The van der Waals surface area contributed by atoms with Gasteiger partial charge in [0.1, 0.15) is 16.8 Å². The van der Waals surface area contributed by atoms with Gasteiger partial charge in [0.15, 0.2) is 0 Å². The van der Waals surface area contributed by atoms with E-state index in [0.29, 0.717) is 11.2 Å². The minimum atomic E-state index is 0.397. The second-order valence-corrected chi connectivity index (χ2v) is 5.81. The summed E-state index contributed by atoms with van der Waals surface area (Å²) in [5, 5.41) is 4.05. The first-order valence-corrected chi connectivity index (χ1v) is 7.65. The standard InChI is InChI=1S/C15H26ClN3/c1-6-8-13-18-14(16)12(5)15(19-13)17-11(4)9-10(3)7-2/h10-11H,6-9H2,1-5H3,(H,17,18,19). The molecule has 19 heavy (non-hydrogen) atoms. The van der Waals surface area contributed by atoms with E-state index in [2.05, 4.69) is 43.0 Å². The summed E-state index contributed by atoms with van der Waals surface area (Å²) in [6.45, 7) is 10.8. The van der Waals surface area contributed by atoms with Crippen LogP contribution in [0, 0.1) is 12.8 Å². The maximum Gasteiger partial charge on any atom is 0.137 e. The van der Waals surface area contributed by atoms with Crippen LogP contribution in [0.4, 0.5) is 5.82 Å². The van der Waals surface area contributed by atoms with Gasteiger partial charge < -0.3 is 5.32 Å². The predicted octanol–water partition coefficient (Wildman–Crippen LogP) is 4.63. The Kier molecular flexibility index (Phi) is 6.56. The molecule has 0 aliphatic heterocycles. The highest BCUT2D eigenvalue weighted by molar-refractivity contribution is 6.30. The number of aryl methyl sites for hydroxylation is 1. The van der Waals surface area contributed by atoms with Gasteiger partial charge in [0.2, 0.25) is 0 Å². The normalized spacial score (nSPS) is 14.2. The summed E-state index contributed by atoms with van der Waals surface area (Å²) in [4.78, 5) is 8.91. The Hall–Kier alpha value is -0.830. The first-order valence-electron chi connectivity index (χ1n) is 7.27. The molecule has 2 unspecified atom stereocenters. The Morgan fingerprint density at radius 1 is 1.21 bits per heavy atom. The summed E-state index contributed by atoms with van der Waals surface area (Å²) < 4.78 is 0. The van der Waals surface area contributed by atoms with Crippen LogP contribution in [0.1, 0.15) is 58.3 Å². The molecule has 1 rings (SSSR count). The number of nitrogens with zero attached hydrogens (tertiary/aromatic N) is 2. The van der Waals surface area contributed by atoms with Crippen molar-refractivity contribution in [3.05, 3.63) is 16.5 Å². The highest BCUT2D eigenvalue weighted by Gasteiger charge is 2.13. The monoisotopic (exact) mass is 283 g/mol. The number of rotatable bonds is 7. The van der Waals surface area contributed by atoms with Gasteiger partial charge in [-0.25, -0.2) is 9.97 Å². The van der Waals surface area contributed by atoms with Crippen molar-refractivity contribution in [2.45, 2.75) is 66.3 Å². The summed E-state index contributed by atoms with van der Waals surface area (Å²) in [7, 11) is 0. The molecule has 0 radical (unpaired) electrons. The molecule has 0 fully saturated rings. The molecule has 0 amide bonds. The summed E-state index contributed by atoms with van der Waals surface area (Å²) in [6.07, 6.45) is 4.24. The van der Waals surface area contributed by atoms with Crippen LogP contribution in [-0.2, 0) is 6.42 Å². The van der Waals surface area contributed by atoms with Crippen LogP contribution in [0.5, 0.6) is 0 Å². The molecule has 0 bridgehead atoms. The minimum absolute atomic E-state index is 0.397. The summed E-state index contributed by atoms with van der Waals surface area (Å²) in [6, 6.07) is 0.397. The molecule has 0 saturated heterocycles. The van der Waals surface area contributed by atoms with Crippen molar-refractivity contribution in [1.82, 2.24) is 9.97 Å². The van der Waals surface area contributed by atoms with Crippen LogP contribution in [0.3, 0.4) is 0 Å². The summed E-state index contributed by atoms with van der Waals surface area (Å²) in [5.74, 6) is 2.44. The second kappa shape index (κ2) is 7.68. The Balaban J connectivity index is 2.81. The van der Waals surface area contributed by atoms with E-state index < -0.39 is 0 Å². The molecular weight excluding hydrogens is 258 g/mol. The number of anilines is 1. The van der Waals surface area contributed by atoms with Gasteiger partial charge in [-0.05, 0) is 32.6 Å². The Labute approximate surface area is 122 Å². The van der Waals surface area contributed by atoms with Crippen molar-refractivity contribution in [3.8, 4) is 0 Å². The fourth-order valence-electron chi connectivity index (χ4n) is 2.07. The molecule has 1 aromatic heterocycles. The lowest BCUT2D eigenvalue weighted by molar-refractivity contribution is 0.483. The molecule has 1 heterocycles. The van der Waals surface area contributed by atoms with E-state index >= 15 is 0 Å². The van der Waals surface area contributed by atoms with Gasteiger partial charge in [-0.2, -0.15) is 0 Å². The summed E-state index contributed by atoms with van der Waals surface area (Å²) >= 11 is 6.18. The SMILES string of the molecule is CCCc1nc(Cl)c(C)c(NC(C)CC(C)CC)n1. The van der Waals surface area contributed by atoms with Gasteiger partial charge in [-0.3, -0.25) is 0 Å². The van der Waals surface area contributed by atoms with E-state index in [1.54, 1.807) is 0 Å². The molecule has 1 aromatic rings. The number of halogens is 1. The van der Waals surface area contributed by atoms with Crippen LogP contribution >= 0.6 is 11.6 Å². The minimum Gasteiger partial charge on any atom is -0.367 e. The third-order valence-electron chi connectivity index (χ3n) is 3.44. The third-order valence-corrected chi connectivity index (χ3v) is 3.81. The fourth-order valence-corrected chi connectivity index (χ4v) is 2.26. The highest BCUT2D eigenvalue weighted by atomic mass is 35.5. The first-order chi connectivity index (χ1) is 8.97. The van der Waals surface area contributed by atoms with Gasteiger partial charge in [-0.1, -0.05) is 38.8 Å². The quantitative estimate of drug-likeness (QED) is 0.742. The van der Waals surface area contributed by atoms with Crippen LogP contribution in [-0.4, -0.2) is 16.0 Å². The average molecular weight is 284 g/mol. The largest absolute Gasteiger partial charge is 0.367 e. The van der Waals surface area contributed by atoms with Crippen LogP contribution < -0.4 is 5.32 Å². The van der Waals surface area contributed by atoms with E-state index in [4.69, 9.17) is 11.6 Å². The molecule has 108 valence electrons. The van der Waals surface area contributed by atoms with Crippen molar-refractivity contribution < 1.29 is 0 Å². The Morgan fingerprint density at radius 3 is 2.47 bits per heavy atom. The Bertz CT molecular complexity index is 407. The molecule has 0 aromatic carbocycles. The van der Waals surface area contributed by atoms with Crippen molar-refractivity contribution >= 4 is 17.4 Å². The highest BCUT2D eigenvalue weighted by Crippen LogP contribution is 2.22. The molecule has 3 nitrogen and oxygen atoms in total. The van der Waals surface area contributed by atoms with Gasteiger partial charge in [0.25, 0.3) is 0 Å². The zero-order chi connectivity index (χ0) is 14.4. The van der Waals surface area contributed by atoms with Gasteiger partial charge in [-0.15, -0.1) is 0 Å². The lowest BCUT2D eigenvalue weighted by Gasteiger charge is -2.20. The van der Waals surface area contributed by atoms with E-state index in [-0.39, 0.29) is 0 Å². The van der Waals surface area contributed by atoms with Crippen molar-refractivity contribution in [3.63, 3.8) is 0 Å². The molecule has 1 N–H and O–H groups in total. The van der Waals surface area contributed by atoms with Crippen molar-refractivity contribution in [1.29, 1.82) is 0 Å². The van der Waals surface area contributed by atoms with E-state index in [1.807, 2.05) is 6.92 Å². The van der Waals surface area contributed by atoms with E-state index in [9.17, 15) is 0 Å². The van der Waals surface area contributed by atoms with Crippen LogP contribution in [0.15, 0.2) is 0 Å². The molecule has 4 heteroatoms. The van der Waals surface area contributed by atoms with Gasteiger partial charge in [0.05, 0.1) is 0 Å². The van der Waals surface area contributed by atoms with Gasteiger partial charge in [0, 0.05) is 18.0 Å². The lowest BCUT2D eigenvalue weighted by Crippen LogP contribution is -2.20. The fraction of sp³-hybridized carbons (Fsp3) is 0.733. The number of aromatic nitrogens is 2. The molecular formula is C15H26ClN3. The molecule has 0 spiro atoms. The Morgan fingerprint density at radius 2 is 1.89 bits per heavy atom. The average Bonchev–Trinajstić information content (AvgIpc) is 2.35. The predicted molar refractivity (Wildman–Crippen MR) is 82.9 cm³/mol.